The molecular weight excluding hydrogens is 198 g/mol. The van der Waals surface area contributed by atoms with Gasteiger partial charge in [0.2, 0.25) is 0 Å². The Hall–Kier alpha value is -1.15. The van der Waals surface area contributed by atoms with E-state index in [2.05, 4.69) is 18.9 Å². The molecule has 0 fully saturated rings. The van der Waals surface area contributed by atoms with Crippen molar-refractivity contribution < 1.29 is 4.79 Å². The molecule has 0 saturated carbocycles. The van der Waals surface area contributed by atoms with Gasteiger partial charge in [0.05, 0.1) is 0 Å². The van der Waals surface area contributed by atoms with Crippen molar-refractivity contribution in [3.63, 3.8) is 0 Å². The molecule has 0 aromatic heterocycles. The standard InChI is InChI=1S/C14H21NO/c1-4-10-15(3)11-12(2)14(16)13-8-6-5-7-9-13/h5-9,12H,4,10-11H2,1-3H3. The van der Waals surface area contributed by atoms with E-state index in [1.54, 1.807) is 0 Å². The SMILES string of the molecule is CCCN(C)CC(C)C(=O)c1ccccc1. The molecule has 88 valence electrons. The first-order valence-electron chi connectivity index (χ1n) is 5.93. The van der Waals surface area contributed by atoms with Gasteiger partial charge in [-0.1, -0.05) is 44.2 Å². The Kier molecular flexibility index (Phi) is 5.20. The number of hydrogen-bond acceptors (Lipinski definition) is 2. The third-order valence-corrected chi connectivity index (χ3v) is 2.70. The molecular formula is C14H21NO. The van der Waals surface area contributed by atoms with Crippen molar-refractivity contribution in [3.8, 4) is 0 Å². The maximum absolute atomic E-state index is 12.1. The van der Waals surface area contributed by atoms with Crippen molar-refractivity contribution in [2.24, 2.45) is 5.92 Å². The summed E-state index contributed by atoms with van der Waals surface area (Å²) in [5.74, 6) is 0.308. The second-order valence-corrected chi connectivity index (χ2v) is 4.39. The number of hydrogen-bond donors (Lipinski definition) is 0. The molecule has 0 radical (unpaired) electrons. The number of carbonyl (C=O) groups excluding carboxylic acids is 1. The predicted molar refractivity (Wildman–Crippen MR) is 67.7 cm³/mol. The average Bonchev–Trinajstić information content (AvgIpc) is 2.29. The fourth-order valence-electron chi connectivity index (χ4n) is 1.91. The largest absolute Gasteiger partial charge is 0.306 e. The molecule has 0 saturated heterocycles. The van der Waals surface area contributed by atoms with Gasteiger partial charge in [-0.2, -0.15) is 0 Å². The molecule has 0 amide bonds. The highest BCUT2D eigenvalue weighted by Gasteiger charge is 2.16. The molecule has 2 nitrogen and oxygen atoms in total. The first-order chi connectivity index (χ1) is 7.65. The Morgan fingerprint density at radius 3 is 2.50 bits per heavy atom. The van der Waals surface area contributed by atoms with Gasteiger partial charge in [-0.15, -0.1) is 0 Å². The Bertz CT molecular complexity index is 321. The summed E-state index contributed by atoms with van der Waals surface area (Å²) in [6.45, 7) is 6.04. The van der Waals surface area contributed by atoms with Crippen LogP contribution in [-0.4, -0.2) is 30.8 Å². The molecule has 1 rings (SSSR count). The highest BCUT2D eigenvalue weighted by molar-refractivity contribution is 5.97. The summed E-state index contributed by atoms with van der Waals surface area (Å²) in [7, 11) is 2.07. The predicted octanol–water partition coefficient (Wildman–Crippen LogP) is 2.85. The number of nitrogens with zero attached hydrogens (tertiary/aromatic N) is 1. The van der Waals surface area contributed by atoms with Crippen LogP contribution >= 0.6 is 0 Å². The van der Waals surface area contributed by atoms with Gasteiger partial charge in [0, 0.05) is 18.0 Å². The van der Waals surface area contributed by atoms with Crippen molar-refractivity contribution in [2.45, 2.75) is 20.3 Å². The molecule has 1 aromatic rings. The van der Waals surface area contributed by atoms with Crippen LogP contribution in [0.1, 0.15) is 30.6 Å². The van der Waals surface area contributed by atoms with Crippen molar-refractivity contribution in [2.75, 3.05) is 20.1 Å². The Morgan fingerprint density at radius 2 is 1.94 bits per heavy atom. The second kappa shape index (κ2) is 6.44. The fraction of sp³-hybridized carbons (Fsp3) is 0.500. The van der Waals surface area contributed by atoms with E-state index in [9.17, 15) is 4.79 Å². The van der Waals surface area contributed by atoms with Crippen LogP contribution in [0.15, 0.2) is 30.3 Å². The summed E-state index contributed by atoms with van der Waals surface area (Å²) in [4.78, 5) is 14.3. The lowest BCUT2D eigenvalue weighted by molar-refractivity contribution is 0.0903. The number of benzene rings is 1. The minimum atomic E-state index is 0.0685. The molecule has 0 N–H and O–H groups in total. The monoisotopic (exact) mass is 219 g/mol. The zero-order valence-electron chi connectivity index (χ0n) is 10.4. The van der Waals surface area contributed by atoms with Crippen LogP contribution in [-0.2, 0) is 0 Å². The molecule has 1 atom stereocenters. The summed E-state index contributed by atoms with van der Waals surface area (Å²) in [6, 6.07) is 9.54. The lowest BCUT2D eigenvalue weighted by Gasteiger charge is -2.19. The first-order valence-corrected chi connectivity index (χ1v) is 5.93. The molecule has 1 unspecified atom stereocenters. The molecule has 1 aromatic carbocycles. The molecule has 0 heterocycles. The minimum absolute atomic E-state index is 0.0685. The Labute approximate surface area is 98.3 Å². The van der Waals surface area contributed by atoms with E-state index in [4.69, 9.17) is 0 Å². The Morgan fingerprint density at radius 1 is 1.31 bits per heavy atom. The zero-order valence-corrected chi connectivity index (χ0v) is 10.4. The van der Waals surface area contributed by atoms with Crippen molar-refractivity contribution in [1.82, 2.24) is 4.90 Å². The summed E-state index contributed by atoms with van der Waals surface area (Å²) < 4.78 is 0. The minimum Gasteiger partial charge on any atom is -0.306 e. The van der Waals surface area contributed by atoms with Gasteiger partial charge >= 0.3 is 0 Å². The highest BCUT2D eigenvalue weighted by atomic mass is 16.1. The lowest BCUT2D eigenvalue weighted by atomic mass is 9.99. The van der Waals surface area contributed by atoms with E-state index in [0.29, 0.717) is 0 Å². The van der Waals surface area contributed by atoms with E-state index in [0.717, 1.165) is 25.1 Å². The van der Waals surface area contributed by atoms with Crippen LogP contribution in [0.3, 0.4) is 0 Å². The van der Waals surface area contributed by atoms with E-state index in [-0.39, 0.29) is 11.7 Å². The second-order valence-electron chi connectivity index (χ2n) is 4.39. The quantitative estimate of drug-likeness (QED) is 0.686. The normalized spacial score (nSPS) is 12.8. The summed E-state index contributed by atoms with van der Waals surface area (Å²) >= 11 is 0. The van der Waals surface area contributed by atoms with Crippen LogP contribution in [0.5, 0.6) is 0 Å². The van der Waals surface area contributed by atoms with Gasteiger partial charge in [0.1, 0.15) is 0 Å². The van der Waals surface area contributed by atoms with Crippen LogP contribution in [0, 0.1) is 5.92 Å². The summed E-state index contributed by atoms with van der Waals surface area (Å²) in [5.41, 5.74) is 0.819. The fourth-order valence-corrected chi connectivity index (χ4v) is 1.91. The van der Waals surface area contributed by atoms with Gasteiger partial charge in [0.15, 0.2) is 5.78 Å². The number of Topliss-reactive ketones (excluding diaryl/α,β-unsaturated/α-hetero) is 1. The van der Waals surface area contributed by atoms with Gasteiger partial charge in [0.25, 0.3) is 0 Å². The topological polar surface area (TPSA) is 20.3 Å². The molecule has 0 aliphatic heterocycles. The van der Waals surface area contributed by atoms with Crippen molar-refractivity contribution in [1.29, 1.82) is 0 Å². The molecule has 0 spiro atoms. The van der Waals surface area contributed by atoms with E-state index >= 15 is 0 Å². The first kappa shape index (κ1) is 12.9. The maximum atomic E-state index is 12.1. The Balaban J connectivity index is 2.55. The molecule has 0 bridgehead atoms. The smallest absolute Gasteiger partial charge is 0.166 e. The molecule has 16 heavy (non-hydrogen) atoms. The molecule has 0 aliphatic rings. The van der Waals surface area contributed by atoms with E-state index < -0.39 is 0 Å². The zero-order chi connectivity index (χ0) is 12.0. The van der Waals surface area contributed by atoms with Crippen molar-refractivity contribution >= 4 is 5.78 Å². The number of carbonyl (C=O) groups is 1. The van der Waals surface area contributed by atoms with Gasteiger partial charge in [-0.25, -0.2) is 0 Å². The summed E-state index contributed by atoms with van der Waals surface area (Å²) in [6.07, 6.45) is 1.13. The number of rotatable bonds is 6. The van der Waals surface area contributed by atoms with Crippen LogP contribution in [0.2, 0.25) is 0 Å². The van der Waals surface area contributed by atoms with Gasteiger partial charge in [-0.3, -0.25) is 4.79 Å². The van der Waals surface area contributed by atoms with E-state index in [1.807, 2.05) is 37.3 Å². The lowest BCUT2D eigenvalue weighted by Crippen LogP contribution is -2.29. The van der Waals surface area contributed by atoms with Crippen molar-refractivity contribution in [3.05, 3.63) is 35.9 Å². The summed E-state index contributed by atoms with van der Waals surface area (Å²) in [5, 5.41) is 0. The molecule has 0 aliphatic carbocycles. The maximum Gasteiger partial charge on any atom is 0.166 e. The van der Waals surface area contributed by atoms with Crippen LogP contribution < -0.4 is 0 Å². The van der Waals surface area contributed by atoms with Gasteiger partial charge < -0.3 is 4.90 Å². The third kappa shape index (κ3) is 3.78. The van der Waals surface area contributed by atoms with E-state index in [1.165, 1.54) is 0 Å². The average molecular weight is 219 g/mol. The third-order valence-electron chi connectivity index (χ3n) is 2.70. The van der Waals surface area contributed by atoms with Crippen LogP contribution in [0.25, 0.3) is 0 Å². The van der Waals surface area contributed by atoms with Gasteiger partial charge in [-0.05, 0) is 20.0 Å². The molecule has 2 heteroatoms. The van der Waals surface area contributed by atoms with Crippen LogP contribution in [0.4, 0.5) is 0 Å². The highest BCUT2D eigenvalue weighted by Crippen LogP contribution is 2.09. The number of ketones is 1.